The molecule has 0 aromatic heterocycles. The third kappa shape index (κ3) is 4.58. The van der Waals surface area contributed by atoms with Crippen LogP contribution in [0.15, 0.2) is 21.8 Å². The summed E-state index contributed by atoms with van der Waals surface area (Å²) < 4.78 is 1.33. The van der Waals surface area contributed by atoms with Gasteiger partial charge in [-0.15, -0.1) is 0 Å². The predicted molar refractivity (Wildman–Crippen MR) is 46.8 cm³/mol. The van der Waals surface area contributed by atoms with Crippen molar-refractivity contribution >= 4 is 0 Å². The zero-order chi connectivity index (χ0) is 9.07. The van der Waals surface area contributed by atoms with E-state index in [1.165, 1.54) is 9.15 Å². The summed E-state index contributed by atoms with van der Waals surface area (Å²) in [6.45, 7) is 12.2. The fourth-order valence-corrected chi connectivity index (χ4v) is 2.94. The van der Waals surface area contributed by atoms with Gasteiger partial charge in [0.1, 0.15) is 0 Å². The summed E-state index contributed by atoms with van der Waals surface area (Å²) in [4.78, 5) is 0. The van der Waals surface area contributed by atoms with Gasteiger partial charge in [-0.3, -0.25) is 0 Å². The van der Waals surface area contributed by atoms with E-state index in [0.717, 1.165) is 0 Å². The van der Waals surface area contributed by atoms with Gasteiger partial charge in [0.25, 0.3) is 0 Å². The first-order valence-corrected chi connectivity index (χ1v) is 5.77. The Morgan fingerprint density at radius 1 is 1.45 bits per heavy atom. The van der Waals surface area contributed by atoms with Gasteiger partial charge in [-0.05, 0) is 0 Å². The Bertz CT molecular complexity index is 176. The van der Waals surface area contributed by atoms with Gasteiger partial charge in [0, 0.05) is 0 Å². The van der Waals surface area contributed by atoms with Crippen molar-refractivity contribution in [2.24, 2.45) is 5.73 Å². The van der Waals surface area contributed by atoms with Crippen molar-refractivity contribution in [3.05, 3.63) is 21.8 Å². The van der Waals surface area contributed by atoms with Crippen LogP contribution >= 0.6 is 0 Å². The molecule has 0 fully saturated rings. The number of allylic oxidation sites excluding steroid dienone is 2. The van der Waals surface area contributed by atoms with Crippen molar-refractivity contribution in [3.8, 4) is 0 Å². The Kier molecular flexibility index (Phi) is 4.32. The van der Waals surface area contributed by atoms with Crippen LogP contribution in [0.2, 0.25) is 0 Å². The van der Waals surface area contributed by atoms with Crippen molar-refractivity contribution in [3.63, 3.8) is 0 Å². The van der Waals surface area contributed by atoms with Gasteiger partial charge >= 0.3 is 80.0 Å². The van der Waals surface area contributed by atoms with Crippen LogP contribution in [0.1, 0.15) is 27.7 Å². The zero-order valence-corrected chi connectivity index (χ0v) is 9.90. The van der Waals surface area contributed by atoms with Gasteiger partial charge in [-0.2, -0.15) is 0 Å². The van der Waals surface area contributed by atoms with Crippen LogP contribution in [0.4, 0.5) is 0 Å². The summed E-state index contributed by atoms with van der Waals surface area (Å²) in [5.74, 6) is 0. The zero-order valence-electron chi connectivity index (χ0n) is 7.74. The number of hydrogen-bond donors (Lipinski definition) is 1. The summed E-state index contributed by atoms with van der Waals surface area (Å²) in [5.41, 5.74) is 7.35. The Morgan fingerprint density at radius 3 is 2.18 bits per heavy atom. The summed E-state index contributed by atoms with van der Waals surface area (Å²) >= 11 is -0.0853. The van der Waals surface area contributed by atoms with Crippen LogP contribution in [0.25, 0.3) is 0 Å². The van der Waals surface area contributed by atoms with E-state index in [1.807, 2.05) is 13.0 Å². The molecule has 0 aliphatic carbocycles. The molecule has 0 aliphatic heterocycles. The van der Waals surface area contributed by atoms with E-state index in [2.05, 4.69) is 27.4 Å². The average molecular weight is 266 g/mol. The SMILES string of the molecule is C=CC(C)(N)[I-]C(C)=C(C)C. The van der Waals surface area contributed by atoms with Crippen LogP contribution in [-0.4, -0.2) is 3.55 Å². The van der Waals surface area contributed by atoms with E-state index >= 15 is 0 Å². The Morgan fingerprint density at radius 2 is 1.91 bits per heavy atom. The average Bonchev–Trinajstić information content (AvgIpc) is 1.87. The molecule has 0 radical (unpaired) electrons. The van der Waals surface area contributed by atoms with Crippen molar-refractivity contribution in [1.82, 2.24) is 0 Å². The fraction of sp³-hybridized carbons (Fsp3) is 0.556. The number of nitrogens with two attached hydrogens (primary N) is 1. The topological polar surface area (TPSA) is 26.0 Å². The van der Waals surface area contributed by atoms with Gasteiger partial charge in [-0.1, -0.05) is 0 Å². The van der Waals surface area contributed by atoms with E-state index in [1.54, 1.807) is 0 Å². The first-order chi connectivity index (χ1) is 4.89. The molecule has 66 valence electrons. The van der Waals surface area contributed by atoms with Crippen LogP contribution in [-0.2, 0) is 0 Å². The molecule has 0 heterocycles. The molecule has 1 nitrogen and oxygen atoms in total. The molecule has 2 N–H and O–H groups in total. The summed E-state index contributed by atoms with van der Waals surface area (Å²) in [7, 11) is 0. The minimum atomic E-state index is -0.139. The fourth-order valence-electron chi connectivity index (χ4n) is 0.438. The molecule has 0 aliphatic rings. The third-order valence-electron chi connectivity index (χ3n) is 1.43. The van der Waals surface area contributed by atoms with Crippen LogP contribution in [0, 0.1) is 0 Å². The van der Waals surface area contributed by atoms with Crippen LogP contribution in [0.5, 0.6) is 0 Å². The first kappa shape index (κ1) is 11.2. The van der Waals surface area contributed by atoms with Crippen molar-refractivity contribution in [2.45, 2.75) is 31.2 Å². The number of halogens is 1. The number of alkyl halides is 1. The monoisotopic (exact) mass is 266 g/mol. The van der Waals surface area contributed by atoms with Gasteiger partial charge in [0.15, 0.2) is 0 Å². The standard InChI is InChI=1S/C9H17IN/c1-6-9(5,11)10-8(4)7(2)3/h6H,1,11H2,2-5H3/q-1. The van der Waals surface area contributed by atoms with Gasteiger partial charge < -0.3 is 0 Å². The molecule has 0 saturated heterocycles. The molecule has 0 amide bonds. The second-order valence-corrected chi connectivity index (χ2v) is 7.47. The van der Waals surface area contributed by atoms with E-state index in [4.69, 9.17) is 5.73 Å². The van der Waals surface area contributed by atoms with E-state index in [-0.39, 0.29) is 24.8 Å². The molecule has 0 aromatic carbocycles. The molecule has 0 aromatic rings. The number of hydrogen-bond acceptors (Lipinski definition) is 1. The normalized spacial score (nSPS) is 15.7. The van der Waals surface area contributed by atoms with Crippen LogP contribution < -0.4 is 26.9 Å². The van der Waals surface area contributed by atoms with E-state index in [0.29, 0.717) is 0 Å². The molecular formula is C9H17IN-. The maximum atomic E-state index is 5.95. The summed E-state index contributed by atoms with van der Waals surface area (Å²) in [6, 6.07) is 0. The summed E-state index contributed by atoms with van der Waals surface area (Å²) in [6.07, 6.45) is 1.85. The Balaban J connectivity index is 4.27. The number of rotatable bonds is 3. The molecule has 0 spiro atoms. The second kappa shape index (κ2) is 4.26. The predicted octanol–water partition coefficient (Wildman–Crippen LogP) is -0.750. The molecule has 1 atom stereocenters. The molecule has 0 saturated carbocycles. The minimum absolute atomic E-state index is 0.0853. The van der Waals surface area contributed by atoms with Gasteiger partial charge in [0.2, 0.25) is 0 Å². The van der Waals surface area contributed by atoms with Crippen molar-refractivity contribution < 1.29 is 21.2 Å². The quantitative estimate of drug-likeness (QED) is 0.309. The van der Waals surface area contributed by atoms with Crippen molar-refractivity contribution in [1.29, 1.82) is 0 Å². The maximum absolute atomic E-state index is 5.95. The van der Waals surface area contributed by atoms with Crippen LogP contribution in [0.3, 0.4) is 0 Å². The van der Waals surface area contributed by atoms with Gasteiger partial charge in [0.05, 0.1) is 0 Å². The molecule has 0 rings (SSSR count). The Hall–Kier alpha value is 0.170. The second-order valence-electron chi connectivity index (χ2n) is 2.98. The molecule has 11 heavy (non-hydrogen) atoms. The van der Waals surface area contributed by atoms with E-state index < -0.39 is 0 Å². The van der Waals surface area contributed by atoms with E-state index in [9.17, 15) is 0 Å². The van der Waals surface area contributed by atoms with Gasteiger partial charge in [-0.25, -0.2) is 0 Å². The first-order valence-electron chi connectivity index (χ1n) is 3.61. The molecule has 1 unspecified atom stereocenters. The van der Waals surface area contributed by atoms with Crippen molar-refractivity contribution in [2.75, 3.05) is 0 Å². The third-order valence-corrected chi connectivity index (χ3v) is 4.92. The molecule has 2 heteroatoms. The summed E-state index contributed by atoms with van der Waals surface area (Å²) in [5, 5.41) is 0. The molecule has 0 bridgehead atoms. The molecular weight excluding hydrogens is 249 g/mol. The Labute approximate surface area is 80.0 Å².